The summed E-state index contributed by atoms with van der Waals surface area (Å²) in [6, 6.07) is 9.31. The maximum Gasteiger partial charge on any atom is 0.321 e. The lowest BCUT2D eigenvalue weighted by Gasteiger charge is -2.15. The average molecular weight is 399 g/mol. The van der Waals surface area contributed by atoms with E-state index in [2.05, 4.69) is 20.8 Å². The molecule has 0 saturated heterocycles. The summed E-state index contributed by atoms with van der Waals surface area (Å²) in [5, 5.41) is 11.6. The molecule has 28 heavy (non-hydrogen) atoms. The van der Waals surface area contributed by atoms with Crippen LogP contribution in [0.15, 0.2) is 40.2 Å². The van der Waals surface area contributed by atoms with E-state index in [0.29, 0.717) is 40.9 Å². The third-order valence-corrected chi connectivity index (χ3v) is 4.87. The third-order valence-electron chi connectivity index (χ3n) is 4.06. The molecule has 0 radical (unpaired) electrons. The van der Waals surface area contributed by atoms with E-state index < -0.39 is 0 Å². The number of urea groups is 1. The maximum atomic E-state index is 12.6. The molecule has 0 atom stereocenters. The minimum absolute atomic E-state index is 0.181. The first kappa shape index (κ1) is 19.6. The number of benzene rings is 1. The normalized spacial score (nSPS) is 10.5. The van der Waals surface area contributed by atoms with Crippen LogP contribution in [0, 0.1) is 13.8 Å². The van der Waals surface area contributed by atoms with Crippen molar-refractivity contribution in [2.24, 2.45) is 0 Å². The molecule has 0 saturated carbocycles. The Morgan fingerprint density at radius 1 is 1.21 bits per heavy atom. The fourth-order valence-electron chi connectivity index (χ4n) is 2.65. The van der Waals surface area contributed by atoms with Gasteiger partial charge in [-0.2, -0.15) is 0 Å². The fourth-order valence-corrected chi connectivity index (χ4v) is 3.35. The van der Waals surface area contributed by atoms with Gasteiger partial charge in [0.15, 0.2) is 5.13 Å². The highest BCUT2D eigenvalue weighted by Crippen LogP contribution is 2.19. The van der Waals surface area contributed by atoms with E-state index in [4.69, 9.17) is 4.52 Å². The Morgan fingerprint density at radius 2 is 1.96 bits per heavy atom. The molecule has 0 aliphatic rings. The van der Waals surface area contributed by atoms with Crippen molar-refractivity contribution < 1.29 is 14.1 Å². The lowest BCUT2D eigenvalue weighted by Crippen LogP contribution is -2.28. The van der Waals surface area contributed by atoms with Gasteiger partial charge in [0.25, 0.3) is 5.91 Å². The van der Waals surface area contributed by atoms with Crippen molar-refractivity contribution in [2.75, 3.05) is 12.4 Å². The predicted octanol–water partition coefficient (Wildman–Crippen LogP) is 3.34. The highest BCUT2D eigenvalue weighted by Gasteiger charge is 2.21. The summed E-state index contributed by atoms with van der Waals surface area (Å²) in [6.07, 6.45) is 0. The molecule has 3 amide bonds. The van der Waals surface area contributed by atoms with Gasteiger partial charge in [-0.05, 0) is 19.4 Å². The lowest BCUT2D eigenvalue weighted by atomic mass is 10.2. The second-order valence-electron chi connectivity index (χ2n) is 6.30. The molecule has 2 aromatic heterocycles. The van der Waals surface area contributed by atoms with Crippen molar-refractivity contribution >= 4 is 28.4 Å². The van der Waals surface area contributed by atoms with Crippen molar-refractivity contribution in [1.82, 2.24) is 20.4 Å². The number of nitrogens with zero attached hydrogens (tertiary/aromatic N) is 3. The van der Waals surface area contributed by atoms with Gasteiger partial charge in [0.1, 0.15) is 11.3 Å². The lowest BCUT2D eigenvalue weighted by molar-refractivity contribution is 0.0781. The van der Waals surface area contributed by atoms with Crippen LogP contribution in [-0.4, -0.2) is 34.0 Å². The number of amides is 3. The molecular formula is C19H21N5O3S. The highest BCUT2D eigenvalue weighted by atomic mass is 32.1. The van der Waals surface area contributed by atoms with Crippen LogP contribution in [0.4, 0.5) is 9.93 Å². The molecule has 0 aliphatic heterocycles. The average Bonchev–Trinajstić information content (AvgIpc) is 3.26. The van der Waals surface area contributed by atoms with Gasteiger partial charge >= 0.3 is 6.03 Å². The zero-order valence-corrected chi connectivity index (χ0v) is 16.7. The fraction of sp³-hybridized carbons (Fsp3) is 0.263. The van der Waals surface area contributed by atoms with Crippen LogP contribution in [-0.2, 0) is 13.1 Å². The SMILES string of the molecule is Cc1noc(C)c1C(=O)N(C)Cc1csc(NC(=O)NCc2ccccc2)n1. The summed E-state index contributed by atoms with van der Waals surface area (Å²) >= 11 is 1.31. The quantitative estimate of drug-likeness (QED) is 0.662. The summed E-state index contributed by atoms with van der Waals surface area (Å²) in [7, 11) is 1.69. The van der Waals surface area contributed by atoms with E-state index in [1.807, 2.05) is 35.7 Å². The first-order valence-electron chi connectivity index (χ1n) is 8.65. The van der Waals surface area contributed by atoms with Crippen LogP contribution >= 0.6 is 11.3 Å². The minimum atomic E-state index is -0.329. The van der Waals surface area contributed by atoms with Crippen molar-refractivity contribution in [3.63, 3.8) is 0 Å². The van der Waals surface area contributed by atoms with Crippen LogP contribution in [0.3, 0.4) is 0 Å². The van der Waals surface area contributed by atoms with E-state index in [1.54, 1.807) is 25.8 Å². The number of rotatable bonds is 6. The number of hydrogen-bond acceptors (Lipinski definition) is 6. The molecule has 2 heterocycles. The number of nitrogens with one attached hydrogen (secondary N) is 2. The smallest absolute Gasteiger partial charge is 0.321 e. The molecule has 0 aliphatic carbocycles. The molecule has 0 bridgehead atoms. The standard InChI is InChI=1S/C19H21N5O3S/c1-12-16(13(2)27-23-12)17(25)24(3)10-15-11-28-19(21-15)22-18(26)20-9-14-7-5-4-6-8-14/h4-8,11H,9-10H2,1-3H3,(H2,20,21,22,26). The third kappa shape index (κ3) is 4.74. The number of aromatic nitrogens is 2. The molecule has 146 valence electrons. The number of anilines is 1. The summed E-state index contributed by atoms with van der Waals surface area (Å²) in [5.41, 5.74) is 2.73. The molecular weight excluding hydrogens is 378 g/mol. The Kier molecular flexibility index (Phi) is 6.05. The molecule has 8 nitrogen and oxygen atoms in total. The highest BCUT2D eigenvalue weighted by molar-refractivity contribution is 7.13. The Labute approximate surface area is 166 Å². The molecule has 3 aromatic rings. The number of hydrogen-bond donors (Lipinski definition) is 2. The Bertz CT molecular complexity index is 948. The topological polar surface area (TPSA) is 100 Å². The Balaban J connectivity index is 1.53. The van der Waals surface area contributed by atoms with Crippen LogP contribution in [0.25, 0.3) is 0 Å². The molecule has 0 unspecified atom stereocenters. The van der Waals surface area contributed by atoms with Gasteiger partial charge in [0.05, 0.1) is 17.9 Å². The second-order valence-corrected chi connectivity index (χ2v) is 7.16. The van der Waals surface area contributed by atoms with Gasteiger partial charge in [-0.25, -0.2) is 9.78 Å². The monoisotopic (exact) mass is 399 g/mol. The molecule has 9 heteroatoms. The van der Waals surface area contributed by atoms with E-state index in [1.165, 1.54) is 11.3 Å². The predicted molar refractivity (Wildman–Crippen MR) is 106 cm³/mol. The Morgan fingerprint density at radius 3 is 2.64 bits per heavy atom. The van der Waals surface area contributed by atoms with Crippen LogP contribution < -0.4 is 10.6 Å². The van der Waals surface area contributed by atoms with Crippen molar-refractivity contribution in [1.29, 1.82) is 0 Å². The largest absolute Gasteiger partial charge is 0.361 e. The van der Waals surface area contributed by atoms with E-state index >= 15 is 0 Å². The first-order valence-corrected chi connectivity index (χ1v) is 9.53. The van der Waals surface area contributed by atoms with E-state index in [-0.39, 0.29) is 11.9 Å². The number of aryl methyl sites for hydroxylation is 2. The summed E-state index contributed by atoms with van der Waals surface area (Å²) in [4.78, 5) is 30.5. The van der Waals surface area contributed by atoms with Gasteiger partial charge in [0.2, 0.25) is 0 Å². The maximum absolute atomic E-state index is 12.6. The zero-order chi connectivity index (χ0) is 20.1. The van der Waals surface area contributed by atoms with Crippen molar-refractivity contribution in [3.8, 4) is 0 Å². The van der Waals surface area contributed by atoms with Crippen LogP contribution in [0.5, 0.6) is 0 Å². The molecule has 0 fully saturated rings. The molecule has 1 aromatic carbocycles. The van der Waals surface area contributed by atoms with Gasteiger partial charge < -0.3 is 14.7 Å². The molecule has 2 N–H and O–H groups in total. The zero-order valence-electron chi connectivity index (χ0n) is 15.9. The van der Waals surface area contributed by atoms with Crippen LogP contribution in [0.2, 0.25) is 0 Å². The first-order chi connectivity index (χ1) is 13.4. The summed E-state index contributed by atoms with van der Waals surface area (Å²) in [5.74, 6) is 0.310. The molecule has 3 rings (SSSR count). The van der Waals surface area contributed by atoms with Gasteiger partial charge in [-0.1, -0.05) is 35.5 Å². The van der Waals surface area contributed by atoms with Crippen molar-refractivity contribution in [2.45, 2.75) is 26.9 Å². The summed E-state index contributed by atoms with van der Waals surface area (Å²) < 4.78 is 5.05. The van der Waals surface area contributed by atoms with Gasteiger partial charge in [-0.3, -0.25) is 10.1 Å². The van der Waals surface area contributed by atoms with Crippen LogP contribution in [0.1, 0.15) is 33.1 Å². The summed E-state index contributed by atoms with van der Waals surface area (Å²) in [6.45, 7) is 4.18. The number of thiazole rings is 1. The minimum Gasteiger partial charge on any atom is -0.361 e. The van der Waals surface area contributed by atoms with E-state index in [0.717, 1.165) is 5.56 Å². The van der Waals surface area contributed by atoms with Gasteiger partial charge in [-0.15, -0.1) is 11.3 Å². The second kappa shape index (κ2) is 8.66. The number of carbonyl (C=O) groups excluding carboxylic acids is 2. The molecule has 0 spiro atoms. The van der Waals surface area contributed by atoms with Crippen molar-refractivity contribution in [3.05, 3.63) is 64.0 Å². The number of carbonyl (C=O) groups is 2. The van der Waals surface area contributed by atoms with Gasteiger partial charge in [0, 0.05) is 19.0 Å². The Hall–Kier alpha value is -3.20. The van der Waals surface area contributed by atoms with E-state index in [9.17, 15) is 9.59 Å².